The van der Waals surface area contributed by atoms with Gasteiger partial charge in [0.2, 0.25) is 0 Å². The molecule has 2 heterocycles. The second-order valence-corrected chi connectivity index (χ2v) is 8.73. The smallest absolute Gasteiger partial charge is 0.425 e. The number of amides is 1. The molecule has 0 bridgehead atoms. The third kappa shape index (κ3) is 5.86. The van der Waals surface area contributed by atoms with Gasteiger partial charge in [0.25, 0.3) is 0 Å². The predicted octanol–water partition coefficient (Wildman–Crippen LogP) is 6.05. The number of para-hydroxylation sites is 1. The molecule has 4 aromatic rings. The lowest BCUT2D eigenvalue weighted by Gasteiger charge is -2.25. The first-order valence-corrected chi connectivity index (χ1v) is 11.9. The number of aryl methyl sites for hydroxylation is 4. The summed E-state index contributed by atoms with van der Waals surface area (Å²) in [6, 6.07) is 16.6. The van der Waals surface area contributed by atoms with Crippen molar-refractivity contribution in [1.29, 1.82) is 0 Å². The molecule has 0 spiro atoms. The van der Waals surface area contributed by atoms with Crippen molar-refractivity contribution >= 4 is 17.6 Å². The molecule has 2 aromatic heterocycles. The summed E-state index contributed by atoms with van der Waals surface area (Å²) in [5.41, 5.74) is 4.76. The van der Waals surface area contributed by atoms with E-state index in [1.807, 2.05) is 58.0 Å². The van der Waals surface area contributed by atoms with Gasteiger partial charge in [0.15, 0.2) is 0 Å². The van der Waals surface area contributed by atoms with Crippen LogP contribution in [0.5, 0.6) is 17.2 Å². The summed E-state index contributed by atoms with van der Waals surface area (Å²) in [6.07, 6.45) is 1.64. The van der Waals surface area contributed by atoms with Gasteiger partial charge < -0.3 is 14.2 Å². The first-order chi connectivity index (χ1) is 17.8. The van der Waals surface area contributed by atoms with Crippen molar-refractivity contribution in [1.82, 2.24) is 15.0 Å². The summed E-state index contributed by atoms with van der Waals surface area (Å²) in [4.78, 5) is 28.9. The van der Waals surface area contributed by atoms with Crippen molar-refractivity contribution in [2.75, 3.05) is 19.1 Å². The Morgan fingerprint density at radius 2 is 1.62 bits per heavy atom. The number of benzene rings is 2. The average Bonchev–Trinajstić information content (AvgIpc) is 2.87. The summed E-state index contributed by atoms with van der Waals surface area (Å²) in [7, 11) is 3.11. The molecule has 0 aliphatic rings. The Bertz CT molecular complexity index is 1400. The second-order valence-electron chi connectivity index (χ2n) is 8.73. The summed E-state index contributed by atoms with van der Waals surface area (Å²) in [5.74, 6) is 2.44. The van der Waals surface area contributed by atoms with Crippen molar-refractivity contribution in [3.63, 3.8) is 0 Å². The molecule has 2 aromatic carbocycles. The lowest BCUT2D eigenvalue weighted by Crippen LogP contribution is -2.31. The number of anilines is 2. The van der Waals surface area contributed by atoms with Crippen LogP contribution in [0.15, 0.2) is 60.8 Å². The topological polar surface area (TPSA) is 86.7 Å². The molecule has 0 unspecified atom stereocenters. The molecule has 4 rings (SSSR count). The zero-order valence-electron chi connectivity index (χ0n) is 21.9. The summed E-state index contributed by atoms with van der Waals surface area (Å²) < 4.78 is 16.9. The van der Waals surface area contributed by atoms with E-state index in [1.165, 1.54) is 12.0 Å². The predicted molar refractivity (Wildman–Crippen MR) is 142 cm³/mol. The van der Waals surface area contributed by atoms with Crippen LogP contribution in [-0.2, 0) is 6.42 Å². The lowest BCUT2D eigenvalue weighted by molar-refractivity contribution is 0.209. The number of hydrogen-bond donors (Lipinski definition) is 0. The minimum Gasteiger partial charge on any atom is -0.497 e. The molecular formula is C29H30N4O4. The quantitative estimate of drug-likeness (QED) is 0.306. The van der Waals surface area contributed by atoms with Crippen molar-refractivity contribution in [3.8, 4) is 17.2 Å². The summed E-state index contributed by atoms with van der Waals surface area (Å²) in [5, 5.41) is 0. The maximum absolute atomic E-state index is 13.8. The second kappa shape index (κ2) is 11.1. The van der Waals surface area contributed by atoms with Gasteiger partial charge in [-0.25, -0.2) is 19.7 Å². The van der Waals surface area contributed by atoms with E-state index in [2.05, 4.69) is 9.97 Å². The van der Waals surface area contributed by atoms with Gasteiger partial charge in [-0.15, -0.1) is 0 Å². The Kier molecular flexibility index (Phi) is 7.67. The number of nitrogens with zero attached hydrogens (tertiary/aromatic N) is 4. The molecule has 1 amide bonds. The van der Waals surface area contributed by atoms with E-state index in [9.17, 15) is 4.79 Å². The van der Waals surface area contributed by atoms with Crippen LogP contribution in [0.25, 0.3) is 0 Å². The van der Waals surface area contributed by atoms with Gasteiger partial charge in [-0.1, -0.05) is 24.3 Å². The highest BCUT2D eigenvalue weighted by atomic mass is 16.6. The van der Waals surface area contributed by atoms with Gasteiger partial charge in [-0.05, 0) is 62.6 Å². The number of rotatable bonds is 7. The first-order valence-electron chi connectivity index (χ1n) is 11.9. The summed E-state index contributed by atoms with van der Waals surface area (Å²) >= 11 is 0. The number of methoxy groups -OCH3 is 2. The van der Waals surface area contributed by atoms with E-state index in [-0.39, 0.29) is 0 Å². The van der Waals surface area contributed by atoms with Crippen LogP contribution in [0.1, 0.15) is 33.9 Å². The maximum atomic E-state index is 13.8. The number of ether oxygens (including phenoxy) is 3. The van der Waals surface area contributed by atoms with Crippen LogP contribution in [0.3, 0.4) is 0 Å². The Hall–Kier alpha value is -4.46. The molecule has 0 radical (unpaired) electrons. The molecule has 0 fully saturated rings. The molecule has 0 atom stereocenters. The molecule has 8 heteroatoms. The van der Waals surface area contributed by atoms with Gasteiger partial charge in [-0.3, -0.25) is 4.98 Å². The molecule has 0 N–H and O–H groups in total. The molecular weight excluding hydrogens is 468 g/mol. The molecule has 37 heavy (non-hydrogen) atoms. The van der Waals surface area contributed by atoms with Gasteiger partial charge in [-0.2, -0.15) is 0 Å². The molecule has 8 nitrogen and oxygen atoms in total. The van der Waals surface area contributed by atoms with E-state index in [1.54, 1.807) is 37.6 Å². The molecule has 0 aliphatic heterocycles. The van der Waals surface area contributed by atoms with Crippen LogP contribution in [0, 0.1) is 27.7 Å². The summed E-state index contributed by atoms with van der Waals surface area (Å²) in [6.45, 7) is 7.60. The maximum Gasteiger partial charge on any atom is 0.425 e. The average molecular weight is 499 g/mol. The van der Waals surface area contributed by atoms with Crippen molar-refractivity contribution in [3.05, 3.63) is 94.7 Å². The fraction of sp³-hybridized carbons (Fsp3) is 0.241. The number of pyridine rings is 1. The largest absolute Gasteiger partial charge is 0.497 e. The van der Waals surface area contributed by atoms with Crippen LogP contribution in [-0.4, -0.2) is 35.3 Å². The molecule has 190 valence electrons. The van der Waals surface area contributed by atoms with Crippen molar-refractivity contribution < 1.29 is 19.0 Å². The van der Waals surface area contributed by atoms with Gasteiger partial charge in [0.05, 0.1) is 19.9 Å². The van der Waals surface area contributed by atoms with Gasteiger partial charge in [0, 0.05) is 36.1 Å². The normalized spacial score (nSPS) is 10.6. The standard InChI is InChI=1S/C29H30N4O4/c1-18-8-7-9-19(2)28(18)37-29(34)33(24-13-12-23(35-5)16-25(24)36-6)27-14-21(4)31-26(32-27)15-22-11-10-20(3)30-17-22/h7-14,16-17H,15H2,1-6H3. The van der Waals surface area contributed by atoms with Crippen LogP contribution >= 0.6 is 0 Å². The third-order valence-electron chi connectivity index (χ3n) is 5.86. The fourth-order valence-electron chi connectivity index (χ4n) is 3.97. The Balaban J connectivity index is 1.81. The van der Waals surface area contributed by atoms with E-state index >= 15 is 0 Å². The van der Waals surface area contributed by atoms with E-state index in [0.717, 1.165) is 22.4 Å². The SMILES string of the molecule is COc1ccc(N(C(=O)Oc2c(C)cccc2C)c2cc(C)nc(Cc3ccc(C)nc3)n2)c(OC)c1. The van der Waals surface area contributed by atoms with E-state index in [4.69, 9.17) is 19.2 Å². The Labute approximate surface area is 216 Å². The number of carbonyl (C=O) groups is 1. The van der Waals surface area contributed by atoms with Gasteiger partial charge in [0.1, 0.15) is 28.9 Å². The van der Waals surface area contributed by atoms with E-state index < -0.39 is 6.09 Å². The van der Waals surface area contributed by atoms with Crippen LogP contribution < -0.4 is 19.1 Å². The molecule has 0 aliphatic carbocycles. The minimum atomic E-state index is -0.623. The Morgan fingerprint density at radius 3 is 2.27 bits per heavy atom. The highest BCUT2D eigenvalue weighted by molar-refractivity contribution is 5.98. The number of aromatic nitrogens is 3. The zero-order chi connectivity index (χ0) is 26.5. The Morgan fingerprint density at radius 1 is 0.865 bits per heavy atom. The highest BCUT2D eigenvalue weighted by Gasteiger charge is 2.27. The molecule has 0 saturated heterocycles. The first kappa shape index (κ1) is 25.6. The number of hydrogen-bond acceptors (Lipinski definition) is 7. The highest BCUT2D eigenvalue weighted by Crippen LogP contribution is 2.37. The fourth-order valence-corrected chi connectivity index (χ4v) is 3.97. The third-order valence-corrected chi connectivity index (χ3v) is 5.86. The van der Waals surface area contributed by atoms with E-state index in [0.29, 0.717) is 46.7 Å². The lowest BCUT2D eigenvalue weighted by atomic mass is 10.1. The monoisotopic (exact) mass is 498 g/mol. The minimum absolute atomic E-state index is 0.363. The van der Waals surface area contributed by atoms with Gasteiger partial charge >= 0.3 is 6.09 Å². The van der Waals surface area contributed by atoms with Crippen molar-refractivity contribution in [2.24, 2.45) is 0 Å². The van der Waals surface area contributed by atoms with Crippen molar-refractivity contribution in [2.45, 2.75) is 34.1 Å². The zero-order valence-corrected chi connectivity index (χ0v) is 21.9. The van der Waals surface area contributed by atoms with Crippen LogP contribution in [0.4, 0.5) is 16.3 Å². The number of carbonyl (C=O) groups excluding carboxylic acids is 1. The van der Waals surface area contributed by atoms with Crippen LogP contribution in [0.2, 0.25) is 0 Å². The molecule has 0 saturated carbocycles.